The molecule has 0 bridgehead atoms. The molecule has 0 rings (SSSR count). The van der Waals surface area contributed by atoms with E-state index in [1.54, 1.807) is 0 Å². The number of rotatable bonds is 18. The van der Waals surface area contributed by atoms with Crippen molar-refractivity contribution in [1.29, 1.82) is 0 Å². The van der Waals surface area contributed by atoms with Crippen LogP contribution in [-0.4, -0.2) is 42.5 Å². The third-order valence-electron chi connectivity index (χ3n) is 5.99. The van der Waals surface area contributed by atoms with Crippen molar-refractivity contribution in [1.82, 2.24) is 0 Å². The Bertz CT molecular complexity index is 496. The molecule has 5 nitrogen and oxygen atoms in total. The van der Waals surface area contributed by atoms with Gasteiger partial charge >= 0.3 is 11.9 Å². The predicted octanol–water partition coefficient (Wildman–Crippen LogP) is 6.74. The standard InChI is InChI=1S/C24H49O5Si2/c1-9-13-15-20(11-3)18-27-23(25)17-22(31(7,8)29-30(5)6)24(26)28-19-21(12-4)16-14-10-2/h20-22H,9-19H2,1-8H3. The van der Waals surface area contributed by atoms with E-state index in [2.05, 4.69) is 40.8 Å². The van der Waals surface area contributed by atoms with Gasteiger partial charge in [-0.1, -0.05) is 66.2 Å². The van der Waals surface area contributed by atoms with Gasteiger partial charge in [0.05, 0.1) is 25.2 Å². The molecule has 0 aliphatic carbocycles. The molecule has 0 saturated carbocycles. The fourth-order valence-electron chi connectivity index (χ4n) is 3.74. The SMILES string of the molecule is CCCCC(CC)COC(=O)CC(C(=O)OCC(CC)CCCC)[Si](C)(C)O[Si](C)C. The van der Waals surface area contributed by atoms with Gasteiger partial charge < -0.3 is 13.6 Å². The average Bonchev–Trinajstić information content (AvgIpc) is 2.71. The summed E-state index contributed by atoms with van der Waals surface area (Å²) in [5.74, 6) is 0.175. The maximum atomic E-state index is 13.1. The van der Waals surface area contributed by atoms with Gasteiger partial charge in [-0.05, 0) is 50.9 Å². The summed E-state index contributed by atoms with van der Waals surface area (Å²) < 4.78 is 17.6. The molecule has 3 unspecified atom stereocenters. The van der Waals surface area contributed by atoms with Crippen LogP contribution in [0.15, 0.2) is 0 Å². The van der Waals surface area contributed by atoms with Crippen LogP contribution in [0.4, 0.5) is 0 Å². The molecule has 31 heavy (non-hydrogen) atoms. The van der Waals surface area contributed by atoms with Crippen molar-refractivity contribution < 1.29 is 23.2 Å². The van der Waals surface area contributed by atoms with Gasteiger partial charge in [0, 0.05) is 0 Å². The van der Waals surface area contributed by atoms with Gasteiger partial charge in [-0.15, -0.1) is 0 Å². The minimum Gasteiger partial charge on any atom is -0.465 e. The molecular weight excluding hydrogens is 424 g/mol. The maximum Gasteiger partial charge on any atom is 0.309 e. The molecule has 1 radical (unpaired) electrons. The van der Waals surface area contributed by atoms with Crippen LogP contribution in [0.1, 0.15) is 85.5 Å². The van der Waals surface area contributed by atoms with E-state index >= 15 is 0 Å². The first kappa shape index (κ1) is 30.3. The number of hydrogen-bond acceptors (Lipinski definition) is 5. The minimum atomic E-state index is -2.44. The van der Waals surface area contributed by atoms with Crippen LogP contribution in [0.25, 0.3) is 0 Å². The smallest absolute Gasteiger partial charge is 0.309 e. The van der Waals surface area contributed by atoms with E-state index in [0.717, 1.165) is 51.4 Å². The Kier molecular flexibility index (Phi) is 16.5. The third kappa shape index (κ3) is 13.5. The molecule has 0 aromatic heterocycles. The molecule has 3 atom stereocenters. The summed E-state index contributed by atoms with van der Waals surface area (Å²) in [5.41, 5.74) is -0.528. The van der Waals surface area contributed by atoms with E-state index < -0.39 is 22.9 Å². The van der Waals surface area contributed by atoms with Crippen molar-refractivity contribution in [2.45, 2.75) is 117 Å². The zero-order chi connectivity index (χ0) is 23.9. The van der Waals surface area contributed by atoms with Gasteiger partial charge in [0.25, 0.3) is 0 Å². The van der Waals surface area contributed by atoms with E-state index in [0.29, 0.717) is 25.0 Å². The van der Waals surface area contributed by atoms with Crippen LogP contribution in [-0.2, 0) is 23.2 Å². The van der Waals surface area contributed by atoms with E-state index in [1.165, 1.54) is 0 Å². The zero-order valence-corrected chi connectivity index (χ0v) is 23.6. The van der Waals surface area contributed by atoms with Crippen molar-refractivity contribution in [3.8, 4) is 0 Å². The van der Waals surface area contributed by atoms with Crippen molar-refractivity contribution in [3.05, 3.63) is 0 Å². The highest BCUT2D eigenvalue weighted by molar-refractivity contribution is 6.81. The van der Waals surface area contributed by atoms with E-state index in [9.17, 15) is 9.59 Å². The van der Waals surface area contributed by atoms with E-state index in [-0.39, 0.29) is 18.4 Å². The number of carbonyl (C=O) groups excluding carboxylic acids is 2. The van der Waals surface area contributed by atoms with Crippen LogP contribution in [0.5, 0.6) is 0 Å². The molecule has 183 valence electrons. The second-order valence-electron chi connectivity index (χ2n) is 9.52. The van der Waals surface area contributed by atoms with Crippen molar-refractivity contribution in [2.75, 3.05) is 13.2 Å². The van der Waals surface area contributed by atoms with Gasteiger partial charge in [-0.2, -0.15) is 0 Å². The minimum absolute atomic E-state index is 0.0587. The highest BCUT2D eigenvalue weighted by Gasteiger charge is 2.42. The van der Waals surface area contributed by atoms with Gasteiger partial charge in [-0.25, -0.2) is 0 Å². The lowest BCUT2D eigenvalue weighted by atomic mass is 10.0. The summed E-state index contributed by atoms with van der Waals surface area (Å²) in [6, 6.07) is 0. The molecule has 0 amide bonds. The van der Waals surface area contributed by atoms with Gasteiger partial charge in [0.1, 0.15) is 0 Å². The second kappa shape index (κ2) is 16.9. The summed E-state index contributed by atoms with van der Waals surface area (Å²) in [6.45, 7) is 17.7. The first-order valence-electron chi connectivity index (χ1n) is 12.4. The van der Waals surface area contributed by atoms with Crippen LogP contribution in [0.2, 0.25) is 31.7 Å². The van der Waals surface area contributed by atoms with E-state index in [1.807, 2.05) is 13.1 Å². The van der Waals surface area contributed by atoms with Gasteiger partial charge in [0.15, 0.2) is 17.4 Å². The van der Waals surface area contributed by atoms with Crippen LogP contribution < -0.4 is 0 Å². The first-order valence-corrected chi connectivity index (χ1v) is 17.8. The van der Waals surface area contributed by atoms with Crippen molar-refractivity contribution in [3.63, 3.8) is 0 Å². The number of hydrogen-bond donors (Lipinski definition) is 0. The van der Waals surface area contributed by atoms with Crippen molar-refractivity contribution >= 4 is 29.3 Å². The molecule has 0 saturated heterocycles. The Morgan fingerprint density at radius 2 is 1.32 bits per heavy atom. The summed E-state index contributed by atoms with van der Waals surface area (Å²) in [7, 11) is -3.43. The predicted molar refractivity (Wildman–Crippen MR) is 133 cm³/mol. The highest BCUT2D eigenvalue weighted by Crippen LogP contribution is 2.30. The van der Waals surface area contributed by atoms with E-state index in [4.69, 9.17) is 13.6 Å². The quantitative estimate of drug-likeness (QED) is 0.163. The average molecular weight is 474 g/mol. The number of carbonyl (C=O) groups is 2. The largest absolute Gasteiger partial charge is 0.465 e. The van der Waals surface area contributed by atoms with Crippen LogP contribution in [0, 0.1) is 11.8 Å². The summed E-state index contributed by atoms with van der Waals surface area (Å²) >= 11 is 0. The molecule has 7 heteroatoms. The molecular formula is C24H49O5Si2. The first-order chi connectivity index (χ1) is 14.6. The lowest BCUT2D eigenvalue weighted by molar-refractivity contribution is -0.152. The molecule has 0 spiro atoms. The third-order valence-corrected chi connectivity index (χ3v) is 11.8. The van der Waals surface area contributed by atoms with Crippen molar-refractivity contribution in [2.24, 2.45) is 11.8 Å². The molecule has 0 aromatic rings. The Balaban J connectivity index is 5.08. The maximum absolute atomic E-state index is 13.1. The Hall–Kier alpha value is -0.666. The fourth-order valence-corrected chi connectivity index (χ4v) is 9.83. The monoisotopic (exact) mass is 473 g/mol. The zero-order valence-electron chi connectivity index (χ0n) is 21.6. The summed E-state index contributed by atoms with van der Waals surface area (Å²) in [5, 5.41) is 0. The lowest BCUT2D eigenvalue weighted by Gasteiger charge is -2.32. The van der Waals surface area contributed by atoms with Crippen LogP contribution in [0.3, 0.4) is 0 Å². The normalized spacial score (nSPS) is 14.9. The molecule has 0 aromatic carbocycles. The Morgan fingerprint density at radius 1 is 0.839 bits per heavy atom. The molecule has 0 fully saturated rings. The summed E-state index contributed by atoms with van der Waals surface area (Å²) in [4.78, 5) is 25.7. The number of esters is 2. The van der Waals surface area contributed by atoms with Crippen LogP contribution >= 0.6 is 0 Å². The lowest BCUT2D eigenvalue weighted by Crippen LogP contribution is -2.45. The number of ether oxygens (including phenoxy) is 2. The fraction of sp³-hybridized carbons (Fsp3) is 0.917. The molecule has 0 heterocycles. The number of unbranched alkanes of at least 4 members (excludes halogenated alkanes) is 2. The highest BCUT2D eigenvalue weighted by atomic mass is 28.4. The molecule has 0 N–H and O–H groups in total. The molecule has 0 aliphatic rings. The molecule has 0 aliphatic heterocycles. The Morgan fingerprint density at radius 3 is 1.74 bits per heavy atom. The van der Waals surface area contributed by atoms with Gasteiger partial charge in [-0.3, -0.25) is 9.59 Å². The van der Waals surface area contributed by atoms with Gasteiger partial charge in [0.2, 0.25) is 0 Å². The Labute approximate surface area is 194 Å². The topological polar surface area (TPSA) is 61.8 Å². The summed E-state index contributed by atoms with van der Waals surface area (Å²) in [6.07, 6.45) is 8.76. The second-order valence-corrected chi connectivity index (χ2v) is 16.1.